The van der Waals surface area contributed by atoms with Crippen LogP contribution < -0.4 is 10.1 Å². The minimum atomic E-state index is -0.272. The Bertz CT molecular complexity index is 783. The van der Waals surface area contributed by atoms with Gasteiger partial charge in [0, 0.05) is 37.3 Å². The molecule has 0 radical (unpaired) electrons. The molecule has 1 N–H and O–H groups in total. The second-order valence-electron chi connectivity index (χ2n) is 7.13. The van der Waals surface area contributed by atoms with E-state index in [2.05, 4.69) is 10.3 Å². The number of nitrogens with zero attached hydrogens (tertiary/aromatic N) is 2. The lowest BCUT2D eigenvalue weighted by molar-refractivity contribution is -0.135. The number of rotatable bonds is 5. The summed E-state index contributed by atoms with van der Waals surface area (Å²) in [5.41, 5.74) is 0.461. The van der Waals surface area contributed by atoms with Crippen LogP contribution in [0.1, 0.15) is 36.0 Å². The Morgan fingerprint density at radius 3 is 2.48 bits per heavy atom. The summed E-state index contributed by atoms with van der Waals surface area (Å²) in [4.78, 5) is 30.7. The number of carbonyl (C=O) groups excluding carboxylic acids is 2. The Balaban J connectivity index is 1.32. The van der Waals surface area contributed by atoms with Crippen LogP contribution in [-0.4, -0.2) is 46.4 Å². The second-order valence-corrected chi connectivity index (χ2v) is 7.13. The fourth-order valence-corrected chi connectivity index (χ4v) is 4.17. The normalized spacial score (nSPS) is 23.7. The first-order valence-corrected chi connectivity index (χ1v) is 9.42. The molecule has 2 unspecified atom stereocenters. The third-order valence-corrected chi connectivity index (χ3v) is 5.35. The Hall–Kier alpha value is -2.89. The van der Waals surface area contributed by atoms with Crippen molar-refractivity contribution in [2.75, 3.05) is 6.54 Å². The number of benzene rings is 1. The zero-order chi connectivity index (χ0) is 18.6. The molecule has 2 amide bonds. The molecule has 2 aliphatic rings. The number of hydrogen-bond donors (Lipinski definition) is 1. The number of fused-ring (bicyclic) bond motifs is 2. The number of para-hydroxylation sites is 1. The van der Waals surface area contributed by atoms with Crippen molar-refractivity contribution in [1.29, 1.82) is 0 Å². The maximum absolute atomic E-state index is 12.7. The number of aromatic nitrogens is 1. The van der Waals surface area contributed by atoms with E-state index in [9.17, 15) is 9.59 Å². The van der Waals surface area contributed by atoms with Gasteiger partial charge in [-0.25, -0.2) is 0 Å². The molecule has 140 valence electrons. The van der Waals surface area contributed by atoms with E-state index in [1.165, 1.54) is 6.20 Å². The maximum Gasteiger partial charge on any atom is 0.253 e. The molecule has 6 heteroatoms. The molecule has 27 heavy (non-hydrogen) atoms. The fourth-order valence-electron chi connectivity index (χ4n) is 4.17. The summed E-state index contributed by atoms with van der Waals surface area (Å²) in [6.07, 6.45) is 6.93. The molecule has 2 atom stereocenters. The smallest absolute Gasteiger partial charge is 0.253 e. The molecule has 2 bridgehead atoms. The number of nitrogens with one attached hydrogen (secondary N) is 1. The quantitative estimate of drug-likeness (QED) is 0.883. The molecule has 0 aliphatic carbocycles. The van der Waals surface area contributed by atoms with E-state index in [-0.39, 0.29) is 36.5 Å². The van der Waals surface area contributed by atoms with Crippen molar-refractivity contribution in [2.24, 2.45) is 0 Å². The van der Waals surface area contributed by atoms with Gasteiger partial charge in [0.15, 0.2) is 0 Å². The lowest BCUT2D eigenvalue weighted by Crippen LogP contribution is -2.52. The van der Waals surface area contributed by atoms with E-state index in [0.717, 1.165) is 31.4 Å². The van der Waals surface area contributed by atoms with Gasteiger partial charge in [-0.2, -0.15) is 0 Å². The SMILES string of the molecule is O=C(NCC(=O)N1C2CCC1CC(Oc1ccccc1)C2)c1cccnc1. The molecule has 0 saturated carbocycles. The molecule has 2 aliphatic heterocycles. The van der Waals surface area contributed by atoms with E-state index in [0.29, 0.717) is 5.56 Å². The number of carbonyl (C=O) groups is 2. The van der Waals surface area contributed by atoms with Gasteiger partial charge in [-0.3, -0.25) is 14.6 Å². The van der Waals surface area contributed by atoms with E-state index in [1.807, 2.05) is 35.2 Å². The number of hydrogen-bond acceptors (Lipinski definition) is 4. The predicted molar refractivity (Wildman–Crippen MR) is 100 cm³/mol. The number of ether oxygens (including phenoxy) is 1. The molecule has 2 saturated heterocycles. The van der Waals surface area contributed by atoms with Crippen LogP contribution in [0.3, 0.4) is 0 Å². The van der Waals surface area contributed by atoms with Crippen LogP contribution in [0.5, 0.6) is 5.75 Å². The Labute approximate surface area is 158 Å². The van der Waals surface area contributed by atoms with Gasteiger partial charge in [-0.1, -0.05) is 18.2 Å². The first-order valence-electron chi connectivity index (χ1n) is 9.42. The van der Waals surface area contributed by atoms with Crippen molar-refractivity contribution in [2.45, 2.75) is 43.9 Å². The van der Waals surface area contributed by atoms with Gasteiger partial charge >= 0.3 is 0 Å². The highest BCUT2D eigenvalue weighted by atomic mass is 16.5. The van der Waals surface area contributed by atoms with E-state index in [1.54, 1.807) is 18.3 Å². The number of amides is 2. The molecule has 4 rings (SSSR count). The van der Waals surface area contributed by atoms with Crippen LogP contribution >= 0.6 is 0 Å². The molecular weight excluding hydrogens is 342 g/mol. The number of piperidine rings is 1. The van der Waals surface area contributed by atoms with Gasteiger partial charge in [-0.05, 0) is 37.1 Å². The molecule has 2 fully saturated rings. The minimum Gasteiger partial charge on any atom is -0.490 e. The predicted octanol–water partition coefficient (Wildman–Crippen LogP) is 2.41. The van der Waals surface area contributed by atoms with Crippen LogP contribution in [0.2, 0.25) is 0 Å². The molecule has 3 heterocycles. The Kier molecular flexibility index (Phi) is 5.05. The maximum atomic E-state index is 12.7. The zero-order valence-corrected chi connectivity index (χ0v) is 15.1. The highest BCUT2D eigenvalue weighted by molar-refractivity contribution is 5.96. The van der Waals surface area contributed by atoms with Crippen molar-refractivity contribution >= 4 is 11.8 Å². The standard InChI is InChI=1S/C21H23N3O3/c25-20(14-23-21(26)15-5-4-10-22-13-15)24-16-8-9-17(24)12-19(11-16)27-18-6-2-1-3-7-18/h1-7,10,13,16-17,19H,8-9,11-12,14H2,(H,23,26). The molecule has 0 spiro atoms. The topological polar surface area (TPSA) is 71.5 Å². The van der Waals surface area contributed by atoms with E-state index < -0.39 is 0 Å². The van der Waals surface area contributed by atoms with Gasteiger partial charge in [0.05, 0.1) is 12.1 Å². The van der Waals surface area contributed by atoms with Crippen LogP contribution in [0.4, 0.5) is 0 Å². The monoisotopic (exact) mass is 365 g/mol. The summed E-state index contributed by atoms with van der Waals surface area (Å²) in [6.45, 7) is 0.0188. The molecule has 6 nitrogen and oxygen atoms in total. The summed E-state index contributed by atoms with van der Waals surface area (Å²) < 4.78 is 6.11. The first kappa shape index (κ1) is 17.5. The van der Waals surface area contributed by atoms with Crippen LogP contribution in [-0.2, 0) is 4.79 Å². The molecule has 1 aromatic heterocycles. The van der Waals surface area contributed by atoms with Crippen molar-refractivity contribution in [3.63, 3.8) is 0 Å². The van der Waals surface area contributed by atoms with Gasteiger partial charge in [0.25, 0.3) is 5.91 Å². The summed E-state index contributed by atoms with van der Waals surface area (Å²) >= 11 is 0. The largest absolute Gasteiger partial charge is 0.490 e. The molecule has 1 aromatic carbocycles. The Morgan fingerprint density at radius 1 is 1.07 bits per heavy atom. The summed E-state index contributed by atoms with van der Waals surface area (Å²) in [6, 6.07) is 13.6. The second kappa shape index (κ2) is 7.78. The first-order chi connectivity index (χ1) is 13.2. The van der Waals surface area contributed by atoms with Gasteiger partial charge in [-0.15, -0.1) is 0 Å². The van der Waals surface area contributed by atoms with Crippen molar-refractivity contribution < 1.29 is 14.3 Å². The van der Waals surface area contributed by atoms with Gasteiger partial charge in [0.2, 0.25) is 5.91 Å². The highest BCUT2D eigenvalue weighted by Gasteiger charge is 2.43. The molecule has 2 aromatic rings. The highest BCUT2D eigenvalue weighted by Crippen LogP contribution is 2.37. The summed E-state index contributed by atoms with van der Waals surface area (Å²) in [5.74, 6) is 0.592. The average Bonchev–Trinajstić information content (AvgIpc) is 2.98. The van der Waals surface area contributed by atoms with Crippen LogP contribution in [0.25, 0.3) is 0 Å². The summed E-state index contributed by atoms with van der Waals surface area (Å²) in [7, 11) is 0. The molecular formula is C21H23N3O3. The lowest BCUT2D eigenvalue weighted by atomic mass is 9.99. The Morgan fingerprint density at radius 2 is 1.81 bits per heavy atom. The van der Waals surface area contributed by atoms with Gasteiger partial charge < -0.3 is 15.0 Å². The lowest BCUT2D eigenvalue weighted by Gasteiger charge is -2.39. The van der Waals surface area contributed by atoms with Crippen molar-refractivity contribution in [1.82, 2.24) is 15.2 Å². The van der Waals surface area contributed by atoms with Crippen molar-refractivity contribution in [3.8, 4) is 5.75 Å². The summed E-state index contributed by atoms with van der Waals surface area (Å²) in [5, 5.41) is 2.71. The van der Waals surface area contributed by atoms with Crippen LogP contribution in [0.15, 0.2) is 54.9 Å². The van der Waals surface area contributed by atoms with Crippen molar-refractivity contribution in [3.05, 3.63) is 60.4 Å². The zero-order valence-electron chi connectivity index (χ0n) is 15.1. The minimum absolute atomic E-state index is 0.0158. The van der Waals surface area contributed by atoms with E-state index in [4.69, 9.17) is 4.74 Å². The average molecular weight is 365 g/mol. The van der Waals surface area contributed by atoms with Crippen LogP contribution in [0, 0.1) is 0 Å². The third-order valence-electron chi connectivity index (χ3n) is 5.35. The number of pyridine rings is 1. The van der Waals surface area contributed by atoms with E-state index >= 15 is 0 Å². The van der Waals surface area contributed by atoms with Gasteiger partial charge in [0.1, 0.15) is 11.9 Å². The third kappa shape index (κ3) is 3.94. The fraction of sp³-hybridized carbons (Fsp3) is 0.381.